The van der Waals surface area contributed by atoms with Crippen LogP contribution in [0, 0.1) is 18.3 Å². The average Bonchev–Trinajstić information content (AvgIpc) is 2.39. The SMILES string of the molecule is Cc1ccc(C(=O)O)c(Oc2ccc(C#N)nc2)c1. The molecule has 0 aliphatic heterocycles. The third-order valence-corrected chi connectivity index (χ3v) is 2.45. The number of carboxylic acid groups (broad SMARTS) is 1. The van der Waals surface area contributed by atoms with E-state index in [2.05, 4.69) is 4.98 Å². The number of rotatable bonds is 3. The lowest BCUT2D eigenvalue weighted by Crippen LogP contribution is -2.00. The first-order chi connectivity index (χ1) is 9.10. The summed E-state index contributed by atoms with van der Waals surface area (Å²) in [6.45, 7) is 1.84. The van der Waals surface area contributed by atoms with Gasteiger partial charge in [-0.2, -0.15) is 5.26 Å². The van der Waals surface area contributed by atoms with Crippen molar-refractivity contribution in [2.24, 2.45) is 0 Å². The van der Waals surface area contributed by atoms with Crippen molar-refractivity contribution < 1.29 is 14.6 Å². The molecule has 0 aliphatic carbocycles. The minimum atomic E-state index is -1.06. The van der Waals surface area contributed by atoms with Gasteiger partial charge in [-0.1, -0.05) is 6.07 Å². The molecule has 0 fully saturated rings. The standard InChI is InChI=1S/C14H10N2O3/c1-9-2-5-12(14(17)18)13(6-9)19-11-4-3-10(7-15)16-8-11/h2-6,8H,1H3,(H,17,18). The number of hydrogen-bond acceptors (Lipinski definition) is 4. The van der Waals surface area contributed by atoms with Crippen LogP contribution in [-0.4, -0.2) is 16.1 Å². The molecule has 0 bridgehead atoms. The summed E-state index contributed by atoms with van der Waals surface area (Å²) in [4.78, 5) is 14.9. The van der Waals surface area contributed by atoms with Crippen molar-refractivity contribution in [3.63, 3.8) is 0 Å². The van der Waals surface area contributed by atoms with Crippen molar-refractivity contribution >= 4 is 5.97 Å². The topological polar surface area (TPSA) is 83.2 Å². The minimum Gasteiger partial charge on any atom is -0.478 e. The van der Waals surface area contributed by atoms with Gasteiger partial charge < -0.3 is 9.84 Å². The highest BCUT2D eigenvalue weighted by Crippen LogP contribution is 2.26. The van der Waals surface area contributed by atoms with E-state index in [4.69, 9.17) is 15.1 Å². The van der Waals surface area contributed by atoms with Gasteiger partial charge in [0, 0.05) is 0 Å². The number of aryl methyl sites for hydroxylation is 1. The Balaban J connectivity index is 2.34. The minimum absolute atomic E-state index is 0.0787. The number of aromatic nitrogens is 1. The van der Waals surface area contributed by atoms with Crippen LogP contribution >= 0.6 is 0 Å². The molecule has 1 aromatic heterocycles. The number of carbonyl (C=O) groups is 1. The molecule has 19 heavy (non-hydrogen) atoms. The molecule has 1 N–H and O–H groups in total. The molecule has 0 saturated heterocycles. The molecular weight excluding hydrogens is 244 g/mol. The Kier molecular flexibility index (Phi) is 3.44. The van der Waals surface area contributed by atoms with Crippen LogP contribution in [0.15, 0.2) is 36.5 Å². The maximum atomic E-state index is 11.1. The fourth-order valence-corrected chi connectivity index (χ4v) is 1.52. The fourth-order valence-electron chi connectivity index (χ4n) is 1.52. The Morgan fingerprint density at radius 2 is 2.16 bits per heavy atom. The zero-order valence-corrected chi connectivity index (χ0v) is 10.1. The highest BCUT2D eigenvalue weighted by atomic mass is 16.5. The number of aromatic carboxylic acids is 1. The lowest BCUT2D eigenvalue weighted by Gasteiger charge is -2.09. The monoisotopic (exact) mass is 254 g/mol. The van der Waals surface area contributed by atoms with Gasteiger partial charge in [0.15, 0.2) is 0 Å². The first kappa shape index (κ1) is 12.6. The number of carboxylic acids is 1. The van der Waals surface area contributed by atoms with E-state index >= 15 is 0 Å². The van der Waals surface area contributed by atoms with Crippen molar-refractivity contribution in [1.82, 2.24) is 4.98 Å². The van der Waals surface area contributed by atoms with Gasteiger partial charge in [0.1, 0.15) is 28.8 Å². The molecule has 0 aliphatic rings. The summed E-state index contributed by atoms with van der Waals surface area (Å²) in [7, 11) is 0. The van der Waals surface area contributed by atoms with Crippen LogP contribution in [0.3, 0.4) is 0 Å². The second-order valence-electron chi connectivity index (χ2n) is 3.90. The predicted octanol–water partition coefficient (Wildman–Crippen LogP) is 2.75. The number of nitrogens with zero attached hydrogens (tertiary/aromatic N) is 2. The van der Waals surface area contributed by atoms with Crippen molar-refractivity contribution in [3.8, 4) is 17.6 Å². The molecule has 2 rings (SSSR count). The van der Waals surface area contributed by atoms with Crippen LogP contribution in [0.2, 0.25) is 0 Å². The molecular formula is C14H10N2O3. The van der Waals surface area contributed by atoms with Gasteiger partial charge in [0.25, 0.3) is 0 Å². The number of pyridine rings is 1. The Morgan fingerprint density at radius 1 is 1.37 bits per heavy atom. The molecule has 2 aromatic rings. The second kappa shape index (κ2) is 5.19. The van der Waals surface area contributed by atoms with E-state index < -0.39 is 5.97 Å². The molecule has 0 radical (unpaired) electrons. The smallest absolute Gasteiger partial charge is 0.339 e. The summed E-state index contributed by atoms with van der Waals surface area (Å²) in [5.74, 6) is -0.428. The van der Waals surface area contributed by atoms with Crippen LogP contribution in [0.25, 0.3) is 0 Å². The third-order valence-electron chi connectivity index (χ3n) is 2.45. The molecule has 0 unspecified atom stereocenters. The molecule has 0 amide bonds. The van der Waals surface area contributed by atoms with Crippen LogP contribution in [0.4, 0.5) is 0 Å². The van der Waals surface area contributed by atoms with Crippen molar-refractivity contribution in [1.29, 1.82) is 5.26 Å². The van der Waals surface area contributed by atoms with Gasteiger partial charge in [-0.05, 0) is 36.8 Å². The zero-order valence-electron chi connectivity index (χ0n) is 10.1. The maximum Gasteiger partial charge on any atom is 0.339 e. The Hall–Kier alpha value is -2.87. The normalized spacial score (nSPS) is 9.68. The predicted molar refractivity (Wildman–Crippen MR) is 67.2 cm³/mol. The van der Waals surface area contributed by atoms with Crippen LogP contribution in [0.5, 0.6) is 11.5 Å². The molecule has 5 heteroatoms. The van der Waals surface area contributed by atoms with Crippen molar-refractivity contribution in [3.05, 3.63) is 53.3 Å². The highest BCUT2D eigenvalue weighted by Gasteiger charge is 2.12. The average molecular weight is 254 g/mol. The van der Waals surface area contributed by atoms with Crippen LogP contribution < -0.4 is 4.74 Å². The first-order valence-electron chi connectivity index (χ1n) is 5.48. The van der Waals surface area contributed by atoms with Crippen molar-refractivity contribution in [2.75, 3.05) is 0 Å². The van der Waals surface area contributed by atoms with E-state index in [1.54, 1.807) is 18.2 Å². The second-order valence-corrected chi connectivity index (χ2v) is 3.90. The van der Waals surface area contributed by atoms with Gasteiger partial charge >= 0.3 is 5.97 Å². The lowest BCUT2D eigenvalue weighted by atomic mass is 10.1. The van der Waals surface area contributed by atoms with Gasteiger partial charge in [0.2, 0.25) is 0 Å². The van der Waals surface area contributed by atoms with E-state index in [0.717, 1.165) is 5.56 Å². The maximum absolute atomic E-state index is 11.1. The Labute approximate surface area is 109 Å². The van der Waals surface area contributed by atoms with E-state index in [1.807, 2.05) is 13.0 Å². The van der Waals surface area contributed by atoms with E-state index in [0.29, 0.717) is 5.75 Å². The number of hydrogen-bond donors (Lipinski definition) is 1. The molecule has 5 nitrogen and oxygen atoms in total. The van der Waals surface area contributed by atoms with Gasteiger partial charge in [-0.25, -0.2) is 9.78 Å². The van der Waals surface area contributed by atoms with Gasteiger partial charge in [-0.15, -0.1) is 0 Å². The Bertz CT molecular complexity index is 657. The molecule has 1 aromatic carbocycles. The van der Waals surface area contributed by atoms with Crippen molar-refractivity contribution in [2.45, 2.75) is 6.92 Å². The summed E-state index contributed by atoms with van der Waals surface area (Å²) >= 11 is 0. The Morgan fingerprint density at radius 3 is 2.74 bits per heavy atom. The molecule has 0 saturated carbocycles. The fraction of sp³-hybridized carbons (Fsp3) is 0.0714. The summed E-state index contributed by atoms with van der Waals surface area (Å²) in [5.41, 5.74) is 1.24. The molecule has 1 heterocycles. The van der Waals surface area contributed by atoms with E-state index in [-0.39, 0.29) is 17.0 Å². The van der Waals surface area contributed by atoms with E-state index in [9.17, 15) is 4.79 Å². The largest absolute Gasteiger partial charge is 0.478 e. The lowest BCUT2D eigenvalue weighted by molar-refractivity contribution is 0.0694. The van der Waals surface area contributed by atoms with Crippen LogP contribution in [-0.2, 0) is 0 Å². The van der Waals surface area contributed by atoms with Gasteiger partial charge in [0.05, 0.1) is 6.20 Å². The molecule has 0 spiro atoms. The first-order valence-corrected chi connectivity index (χ1v) is 5.48. The zero-order chi connectivity index (χ0) is 13.8. The summed E-state index contributed by atoms with van der Waals surface area (Å²) in [5, 5.41) is 17.7. The number of ether oxygens (including phenoxy) is 1. The molecule has 0 atom stereocenters. The summed E-state index contributed by atoms with van der Waals surface area (Å²) in [6.07, 6.45) is 1.38. The van der Waals surface area contributed by atoms with E-state index in [1.165, 1.54) is 18.3 Å². The summed E-state index contributed by atoms with van der Waals surface area (Å²) in [6, 6.07) is 9.80. The molecule has 94 valence electrons. The van der Waals surface area contributed by atoms with Crippen LogP contribution in [0.1, 0.15) is 21.6 Å². The third kappa shape index (κ3) is 2.87. The summed E-state index contributed by atoms with van der Waals surface area (Å²) < 4.78 is 5.50. The van der Waals surface area contributed by atoms with Gasteiger partial charge in [-0.3, -0.25) is 0 Å². The number of benzene rings is 1. The number of nitriles is 1. The highest BCUT2D eigenvalue weighted by molar-refractivity contribution is 5.91. The quantitative estimate of drug-likeness (QED) is 0.910.